The standard InChI is InChI=1S/C21H12N4O3S/c22-12-13-3-1-4-15(11-13)18(26)19-17(16-5-2-10-28-16)24-21(29-19)25-20(27)14-6-8-23-9-7-14/h1-11H,(H,24,25,27). The lowest BCUT2D eigenvalue weighted by Crippen LogP contribution is -2.11. The molecular formula is C21H12N4O3S. The molecule has 0 aliphatic rings. The predicted molar refractivity (Wildman–Crippen MR) is 107 cm³/mol. The van der Waals surface area contributed by atoms with Crippen LogP contribution in [0.5, 0.6) is 0 Å². The number of nitrogens with one attached hydrogen (secondary N) is 1. The number of rotatable bonds is 5. The van der Waals surface area contributed by atoms with Crippen LogP contribution >= 0.6 is 11.3 Å². The van der Waals surface area contributed by atoms with Gasteiger partial charge >= 0.3 is 0 Å². The number of thiazole rings is 1. The van der Waals surface area contributed by atoms with Crippen LogP contribution in [0.2, 0.25) is 0 Å². The smallest absolute Gasteiger partial charge is 0.257 e. The van der Waals surface area contributed by atoms with E-state index < -0.39 is 0 Å². The monoisotopic (exact) mass is 400 g/mol. The zero-order valence-corrected chi connectivity index (χ0v) is 15.6. The molecule has 0 unspecified atom stereocenters. The molecule has 0 bridgehead atoms. The van der Waals surface area contributed by atoms with Gasteiger partial charge in [0.2, 0.25) is 5.78 Å². The lowest BCUT2D eigenvalue weighted by atomic mass is 10.1. The Morgan fingerprint density at radius 2 is 1.90 bits per heavy atom. The summed E-state index contributed by atoms with van der Waals surface area (Å²) in [5.74, 6) is -0.265. The van der Waals surface area contributed by atoms with Gasteiger partial charge in [-0.05, 0) is 36.4 Å². The maximum absolute atomic E-state index is 13.1. The summed E-state index contributed by atoms with van der Waals surface area (Å²) in [6, 6.07) is 15.0. The summed E-state index contributed by atoms with van der Waals surface area (Å²) in [7, 11) is 0. The second-order valence-electron chi connectivity index (χ2n) is 5.89. The van der Waals surface area contributed by atoms with E-state index in [1.807, 2.05) is 6.07 Å². The minimum atomic E-state index is -0.363. The van der Waals surface area contributed by atoms with Crippen molar-refractivity contribution in [2.24, 2.45) is 0 Å². The van der Waals surface area contributed by atoms with Gasteiger partial charge in [0, 0.05) is 23.5 Å². The Kier molecular flexibility index (Phi) is 4.97. The van der Waals surface area contributed by atoms with Gasteiger partial charge in [0.15, 0.2) is 10.9 Å². The van der Waals surface area contributed by atoms with Crippen molar-refractivity contribution < 1.29 is 14.0 Å². The fourth-order valence-corrected chi connectivity index (χ4v) is 3.57. The van der Waals surface area contributed by atoms with Crippen molar-refractivity contribution in [1.82, 2.24) is 9.97 Å². The molecule has 4 aromatic rings. The van der Waals surface area contributed by atoms with Gasteiger partial charge in [-0.2, -0.15) is 5.26 Å². The summed E-state index contributed by atoms with van der Waals surface area (Å²) in [5.41, 5.74) is 1.49. The number of benzene rings is 1. The minimum absolute atomic E-state index is 0.262. The summed E-state index contributed by atoms with van der Waals surface area (Å²) < 4.78 is 5.41. The molecule has 1 N–H and O–H groups in total. The van der Waals surface area contributed by atoms with Crippen LogP contribution in [0.1, 0.15) is 31.2 Å². The number of aromatic nitrogens is 2. The normalized spacial score (nSPS) is 10.3. The third-order valence-corrected chi connectivity index (χ3v) is 4.97. The molecule has 0 atom stereocenters. The molecule has 0 radical (unpaired) electrons. The van der Waals surface area contributed by atoms with Crippen molar-refractivity contribution in [3.05, 3.63) is 88.8 Å². The topological polar surface area (TPSA) is 109 Å². The Morgan fingerprint density at radius 1 is 1.07 bits per heavy atom. The first-order chi connectivity index (χ1) is 14.2. The van der Waals surface area contributed by atoms with Gasteiger partial charge in [-0.3, -0.25) is 19.9 Å². The summed E-state index contributed by atoms with van der Waals surface area (Å²) >= 11 is 1.05. The summed E-state index contributed by atoms with van der Waals surface area (Å²) in [6.07, 6.45) is 4.51. The Balaban J connectivity index is 1.72. The summed E-state index contributed by atoms with van der Waals surface area (Å²) in [6.45, 7) is 0. The predicted octanol–water partition coefficient (Wildman–Crippen LogP) is 4.15. The molecule has 0 spiro atoms. The quantitative estimate of drug-likeness (QED) is 0.504. The van der Waals surface area contributed by atoms with E-state index in [1.165, 1.54) is 24.7 Å². The lowest BCUT2D eigenvalue weighted by molar-refractivity contribution is 0.102. The second kappa shape index (κ2) is 7.88. The Labute approximate surface area is 169 Å². The van der Waals surface area contributed by atoms with Crippen LogP contribution in [-0.4, -0.2) is 21.7 Å². The number of ketones is 1. The highest BCUT2D eigenvalue weighted by molar-refractivity contribution is 7.18. The van der Waals surface area contributed by atoms with E-state index >= 15 is 0 Å². The number of pyridine rings is 1. The van der Waals surface area contributed by atoms with E-state index in [2.05, 4.69) is 15.3 Å². The molecule has 1 amide bonds. The molecule has 3 aromatic heterocycles. The zero-order chi connectivity index (χ0) is 20.2. The van der Waals surface area contributed by atoms with Gasteiger partial charge in [-0.1, -0.05) is 23.5 Å². The largest absolute Gasteiger partial charge is 0.463 e. The van der Waals surface area contributed by atoms with Crippen LogP contribution in [0.3, 0.4) is 0 Å². The van der Waals surface area contributed by atoms with Gasteiger partial charge in [0.1, 0.15) is 10.6 Å². The SMILES string of the molecule is N#Cc1cccc(C(=O)c2sc(NC(=O)c3ccncc3)nc2-c2ccco2)c1. The molecule has 4 rings (SSSR count). The van der Waals surface area contributed by atoms with Crippen molar-refractivity contribution in [2.75, 3.05) is 5.32 Å². The fraction of sp³-hybridized carbons (Fsp3) is 0. The number of furan rings is 1. The molecule has 8 heteroatoms. The lowest BCUT2D eigenvalue weighted by Gasteiger charge is -2.00. The summed E-state index contributed by atoms with van der Waals surface area (Å²) in [5, 5.41) is 12.1. The molecule has 0 aliphatic heterocycles. The van der Waals surface area contributed by atoms with Crippen molar-refractivity contribution in [3.63, 3.8) is 0 Å². The molecule has 0 saturated heterocycles. The van der Waals surface area contributed by atoms with Crippen molar-refractivity contribution in [3.8, 4) is 17.5 Å². The number of anilines is 1. The van der Waals surface area contributed by atoms with Crippen LogP contribution in [0.15, 0.2) is 71.6 Å². The molecule has 7 nitrogen and oxygen atoms in total. The van der Waals surface area contributed by atoms with E-state index in [-0.39, 0.29) is 16.8 Å². The van der Waals surface area contributed by atoms with Gasteiger partial charge in [0.05, 0.1) is 17.9 Å². The molecule has 0 aliphatic carbocycles. The number of carbonyl (C=O) groups is 2. The first kappa shape index (κ1) is 18.3. The average Bonchev–Trinajstić information content (AvgIpc) is 3.44. The van der Waals surface area contributed by atoms with Crippen LogP contribution in [0, 0.1) is 11.3 Å². The first-order valence-electron chi connectivity index (χ1n) is 8.46. The minimum Gasteiger partial charge on any atom is -0.463 e. The highest BCUT2D eigenvalue weighted by Gasteiger charge is 2.23. The number of carbonyl (C=O) groups excluding carboxylic acids is 2. The van der Waals surface area contributed by atoms with Crippen LogP contribution < -0.4 is 5.32 Å². The van der Waals surface area contributed by atoms with Crippen molar-refractivity contribution in [1.29, 1.82) is 5.26 Å². The molecule has 29 heavy (non-hydrogen) atoms. The first-order valence-corrected chi connectivity index (χ1v) is 9.28. The Bertz CT molecular complexity index is 1220. The molecule has 140 valence electrons. The van der Waals surface area contributed by atoms with Crippen LogP contribution in [-0.2, 0) is 0 Å². The van der Waals surface area contributed by atoms with Crippen molar-refractivity contribution >= 4 is 28.2 Å². The van der Waals surface area contributed by atoms with Gasteiger partial charge in [-0.15, -0.1) is 0 Å². The van der Waals surface area contributed by atoms with Gasteiger partial charge < -0.3 is 4.42 Å². The van der Waals surface area contributed by atoms with E-state index in [0.29, 0.717) is 33.0 Å². The molecule has 0 fully saturated rings. The van der Waals surface area contributed by atoms with Gasteiger partial charge in [-0.25, -0.2) is 4.98 Å². The van der Waals surface area contributed by atoms with E-state index in [9.17, 15) is 9.59 Å². The second-order valence-corrected chi connectivity index (χ2v) is 6.88. The van der Waals surface area contributed by atoms with Crippen LogP contribution in [0.4, 0.5) is 5.13 Å². The summed E-state index contributed by atoms with van der Waals surface area (Å²) in [4.78, 5) is 34.1. The highest BCUT2D eigenvalue weighted by atomic mass is 32.1. The highest BCUT2D eigenvalue weighted by Crippen LogP contribution is 2.33. The Hall–Kier alpha value is -4.09. The number of nitriles is 1. The zero-order valence-electron chi connectivity index (χ0n) is 14.8. The molecular weight excluding hydrogens is 388 g/mol. The molecule has 1 aromatic carbocycles. The van der Waals surface area contributed by atoms with Gasteiger partial charge in [0.25, 0.3) is 5.91 Å². The fourth-order valence-electron chi connectivity index (χ4n) is 2.64. The average molecular weight is 400 g/mol. The number of hydrogen-bond donors (Lipinski definition) is 1. The number of hydrogen-bond acceptors (Lipinski definition) is 7. The maximum atomic E-state index is 13.1. The third-order valence-electron chi connectivity index (χ3n) is 4.00. The van der Waals surface area contributed by atoms with Crippen LogP contribution in [0.25, 0.3) is 11.5 Å². The number of nitrogens with zero attached hydrogens (tertiary/aromatic N) is 3. The maximum Gasteiger partial charge on any atom is 0.257 e. The van der Waals surface area contributed by atoms with E-state index in [1.54, 1.807) is 42.5 Å². The molecule has 0 saturated carbocycles. The number of amides is 1. The Morgan fingerprint density at radius 3 is 2.62 bits per heavy atom. The third kappa shape index (κ3) is 3.81. The van der Waals surface area contributed by atoms with E-state index in [0.717, 1.165) is 11.3 Å². The van der Waals surface area contributed by atoms with E-state index in [4.69, 9.17) is 9.68 Å². The molecule has 3 heterocycles. The van der Waals surface area contributed by atoms with Crippen molar-refractivity contribution in [2.45, 2.75) is 0 Å².